The highest BCUT2D eigenvalue weighted by atomic mass is 32.2. The maximum Gasteiger partial charge on any atom is 0.264 e. The molecule has 0 radical (unpaired) electrons. The predicted molar refractivity (Wildman–Crippen MR) is 111 cm³/mol. The molecule has 2 aromatic rings. The Labute approximate surface area is 175 Å². The van der Waals surface area contributed by atoms with E-state index in [0.717, 1.165) is 4.31 Å². The Morgan fingerprint density at radius 1 is 1.03 bits per heavy atom. The van der Waals surface area contributed by atoms with Gasteiger partial charge in [-0.2, -0.15) is 0 Å². The number of rotatable bonds is 8. The molecule has 1 saturated heterocycles. The Bertz CT molecular complexity index is 1040. The normalized spacial score (nSPS) is 14.1. The van der Waals surface area contributed by atoms with Crippen molar-refractivity contribution in [1.82, 2.24) is 10.2 Å². The molecular formula is C21H23N3O5S. The highest BCUT2D eigenvalue weighted by molar-refractivity contribution is 7.92. The smallest absolute Gasteiger partial charge is 0.264 e. The van der Waals surface area contributed by atoms with Gasteiger partial charge in [0.05, 0.1) is 10.6 Å². The summed E-state index contributed by atoms with van der Waals surface area (Å²) in [5.74, 6) is -0.799. The predicted octanol–water partition coefficient (Wildman–Crippen LogP) is 1.78. The monoisotopic (exact) mass is 429 g/mol. The van der Waals surface area contributed by atoms with Crippen LogP contribution in [0.25, 0.3) is 0 Å². The second kappa shape index (κ2) is 9.08. The van der Waals surface area contributed by atoms with Crippen molar-refractivity contribution in [3.05, 3.63) is 60.2 Å². The van der Waals surface area contributed by atoms with Crippen LogP contribution in [-0.4, -0.2) is 51.2 Å². The third kappa shape index (κ3) is 4.68. The van der Waals surface area contributed by atoms with Crippen molar-refractivity contribution in [2.75, 3.05) is 24.4 Å². The van der Waals surface area contributed by atoms with Crippen LogP contribution in [-0.2, 0) is 19.6 Å². The van der Waals surface area contributed by atoms with E-state index in [-0.39, 0.29) is 48.2 Å². The maximum atomic E-state index is 12.9. The fraction of sp³-hybridized carbons (Fsp3) is 0.286. The topological polar surface area (TPSA) is 104 Å². The van der Waals surface area contributed by atoms with Gasteiger partial charge in [0, 0.05) is 38.5 Å². The van der Waals surface area contributed by atoms with Crippen LogP contribution in [0.1, 0.15) is 29.6 Å². The van der Waals surface area contributed by atoms with E-state index in [4.69, 9.17) is 0 Å². The van der Waals surface area contributed by atoms with Gasteiger partial charge in [-0.15, -0.1) is 0 Å². The molecule has 9 heteroatoms. The molecule has 30 heavy (non-hydrogen) atoms. The molecule has 2 aromatic carbocycles. The highest BCUT2D eigenvalue weighted by Gasteiger charge is 2.28. The third-order valence-electron chi connectivity index (χ3n) is 4.87. The summed E-state index contributed by atoms with van der Waals surface area (Å²) in [5, 5.41) is 2.70. The van der Waals surface area contributed by atoms with Crippen molar-refractivity contribution in [2.45, 2.75) is 24.2 Å². The van der Waals surface area contributed by atoms with Crippen LogP contribution in [0.5, 0.6) is 0 Å². The van der Waals surface area contributed by atoms with E-state index in [0.29, 0.717) is 12.1 Å². The number of hydrogen-bond donors (Lipinski definition) is 1. The summed E-state index contributed by atoms with van der Waals surface area (Å²) in [6.45, 7) is 0.519. The maximum absolute atomic E-state index is 12.9. The van der Waals surface area contributed by atoms with Crippen molar-refractivity contribution in [2.24, 2.45) is 0 Å². The van der Waals surface area contributed by atoms with Gasteiger partial charge in [-0.25, -0.2) is 8.42 Å². The minimum atomic E-state index is -3.82. The van der Waals surface area contributed by atoms with E-state index < -0.39 is 15.9 Å². The molecule has 1 aliphatic rings. The minimum Gasteiger partial charge on any atom is -0.352 e. The summed E-state index contributed by atoms with van der Waals surface area (Å²) in [5.41, 5.74) is 0.726. The van der Waals surface area contributed by atoms with Crippen molar-refractivity contribution in [1.29, 1.82) is 0 Å². The zero-order chi connectivity index (χ0) is 21.7. The Balaban J connectivity index is 1.62. The number of nitrogens with one attached hydrogen (secondary N) is 1. The van der Waals surface area contributed by atoms with Crippen LogP contribution >= 0.6 is 0 Å². The van der Waals surface area contributed by atoms with Gasteiger partial charge >= 0.3 is 0 Å². The highest BCUT2D eigenvalue weighted by Crippen LogP contribution is 2.22. The first kappa shape index (κ1) is 21.5. The average molecular weight is 429 g/mol. The number of likely N-dealkylation sites (tertiary alicyclic amines) is 1. The van der Waals surface area contributed by atoms with Gasteiger partial charge in [0.25, 0.3) is 15.9 Å². The van der Waals surface area contributed by atoms with Gasteiger partial charge in [-0.3, -0.25) is 23.6 Å². The Morgan fingerprint density at radius 2 is 1.70 bits per heavy atom. The fourth-order valence-corrected chi connectivity index (χ4v) is 4.39. The van der Waals surface area contributed by atoms with E-state index >= 15 is 0 Å². The zero-order valence-corrected chi connectivity index (χ0v) is 17.4. The summed E-state index contributed by atoms with van der Waals surface area (Å²) < 4.78 is 27.0. The standard InChI is InChI=1S/C21H23N3O5S/c1-23(17-8-3-2-4-9-17)30(28,29)18-10-5-7-16(15-18)21(27)22-13-6-14-24-19(25)11-12-20(24)26/h2-5,7-10,15H,6,11-14H2,1H3,(H,22,27). The number of nitrogens with zero attached hydrogens (tertiary/aromatic N) is 2. The largest absolute Gasteiger partial charge is 0.352 e. The molecule has 158 valence electrons. The number of imide groups is 1. The van der Waals surface area contributed by atoms with Gasteiger partial charge in [0.1, 0.15) is 0 Å². The van der Waals surface area contributed by atoms with Crippen LogP contribution in [0.15, 0.2) is 59.5 Å². The second-order valence-electron chi connectivity index (χ2n) is 6.88. The Hall–Kier alpha value is -3.20. The summed E-state index contributed by atoms with van der Waals surface area (Å²) in [7, 11) is -2.37. The molecule has 0 aromatic heterocycles. The minimum absolute atomic E-state index is 0.00904. The Kier molecular flexibility index (Phi) is 6.51. The Morgan fingerprint density at radius 3 is 2.37 bits per heavy atom. The quantitative estimate of drug-likeness (QED) is 0.509. The molecular weight excluding hydrogens is 406 g/mol. The molecule has 0 unspecified atom stereocenters. The molecule has 1 heterocycles. The molecule has 3 rings (SSSR count). The number of benzene rings is 2. The molecule has 0 spiro atoms. The van der Waals surface area contributed by atoms with E-state index in [1.807, 2.05) is 0 Å². The van der Waals surface area contributed by atoms with E-state index in [1.54, 1.807) is 30.3 Å². The van der Waals surface area contributed by atoms with Crippen LogP contribution in [0.3, 0.4) is 0 Å². The molecule has 1 aliphatic heterocycles. The number of anilines is 1. The number of para-hydroxylation sites is 1. The lowest BCUT2D eigenvalue weighted by molar-refractivity contribution is -0.138. The summed E-state index contributed by atoms with van der Waals surface area (Å²) in [6, 6.07) is 14.5. The van der Waals surface area contributed by atoms with Crippen LogP contribution in [0, 0.1) is 0 Å². The van der Waals surface area contributed by atoms with E-state index in [1.165, 1.54) is 36.2 Å². The van der Waals surface area contributed by atoms with Gasteiger partial charge in [0.2, 0.25) is 11.8 Å². The van der Waals surface area contributed by atoms with Crippen molar-refractivity contribution in [3.63, 3.8) is 0 Å². The fourth-order valence-electron chi connectivity index (χ4n) is 3.15. The molecule has 0 saturated carbocycles. The molecule has 3 amide bonds. The average Bonchev–Trinajstić information content (AvgIpc) is 3.08. The molecule has 0 bridgehead atoms. The molecule has 0 atom stereocenters. The first-order valence-electron chi connectivity index (χ1n) is 9.56. The van der Waals surface area contributed by atoms with Crippen molar-refractivity contribution < 1.29 is 22.8 Å². The molecule has 8 nitrogen and oxygen atoms in total. The van der Waals surface area contributed by atoms with Gasteiger partial charge in [-0.05, 0) is 36.8 Å². The van der Waals surface area contributed by atoms with Gasteiger partial charge in [-0.1, -0.05) is 24.3 Å². The summed E-state index contributed by atoms with van der Waals surface area (Å²) in [4.78, 5) is 36.8. The van der Waals surface area contributed by atoms with E-state index in [9.17, 15) is 22.8 Å². The number of carbonyl (C=O) groups is 3. The van der Waals surface area contributed by atoms with Crippen LogP contribution in [0.2, 0.25) is 0 Å². The van der Waals surface area contributed by atoms with Gasteiger partial charge in [0.15, 0.2) is 0 Å². The van der Waals surface area contributed by atoms with Crippen molar-refractivity contribution >= 4 is 33.4 Å². The molecule has 1 N–H and O–H groups in total. The zero-order valence-electron chi connectivity index (χ0n) is 16.6. The SMILES string of the molecule is CN(c1ccccc1)S(=O)(=O)c1cccc(C(=O)NCCCN2C(=O)CCC2=O)c1. The first-order valence-corrected chi connectivity index (χ1v) is 11.0. The first-order chi connectivity index (χ1) is 14.3. The number of hydrogen-bond acceptors (Lipinski definition) is 5. The molecule has 1 fully saturated rings. The van der Waals surface area contributed by atoms with Crippen LogP contribution in [0.4, 0.5) is 5.69 Å². The van der Waals surface area contributed by atoms with Crippen molar-refractivity contribution in [3.8, 4) is 0 Å². The van der Waals surface area contributed by atoms with E-state index in [2.05, 4.69) is 5.32 Å². The lowest BCUT2D eigenvalue weighted by atomic mass is 10.2. The van der Waals surface area contributed by atoms with Crippen LogP contribution < -0.4 is 9.62 Å². The molecule has 0 aliphatic carbocycles. The van der Waals surface area contributed by atoms with Gasteiger partial charge < -0.3 is 5.32 Å². The summed E-state index contributed by atoms with van der Waals surface area (Å²) >= 11 is 0. The number of carbonyl (C=O) groups excluding carboxylic acids is 3. The second-order valence-corrected chi connectivity index (χ2v) is 8.85. The third-order valence-corrected chi connectivity index (χ3v) is 6.65. The number of amides is 3. The summed E-state index contributed by atoms with van der Waals surface area (Å²) in [6.07, 6.45) is 0.908. The lowest BCUT2D eigenvalue weighted by Crippen LogP contribution is -2.33. The number of sulfonamides is 1. The lowest BCUT2D eigenvalue weighted by Gasteiger charge is -2.19.